The molecule has 4 aromatic carbocycles. The average molecular weight is 485 g/mol. The van der Waals surface area contributed by atoms with Crippen LogP contribution in [-0.2, 0) is 11.0 Å². The van der Waals surface area contributed by atoms with E-state index in [2.05, 4.69) is 25.9 Å². The Labute approximate surface area is 202 Å². The Kier molecular flexibility index (Phi) is 6.53. The van der Waals surface area contributed by atoms with E-state index in [4.69, 9.17) is 0 Å². The van der Waals surface area contributed by atoms with Gasteiger partial charge in [-0.2, -0.15) is 5.21 Å². The van der Waals surface area contributed by atoms with Crippen molar-refractivity contribution >= 4 is 18.4 Å². The van der Waals surface area contributed by atoms with E-state index < -0.39 is 19.4 Å². The Morgan fingerprint density at radius 3 is 2.23 bits per heavy atom. The number of nitrogens with zero attached hydrogens (tertiary/aromatic N) is 3. The normalized spacial score (nSPS) is 13.5. The van der Waals surface area contributed by atoms with Crippen molar-refractivity contribution in [3.8, 4) is 11.1 Å². The minimum absolute atomic E-state index is 0.329. The molecule has 0 spiro atoms. The zero-order valence-corrected chi connectivity index (χ0v) is 19.6. The highest BCUT2D eigenvalue weighted by atomic mass is 31.2. The monoisotopic (exact) mass is 485 g/mol. The molecule has 5 aromatic rings. The van der Waals surface area contributed by atoms with Gasteiger partial charge in [0.2, 0.25) is 0 Å². The lowest BCUT2D eigenvalue weighted by Gasteiger charge is -2.26. The lowest BCUT2D eigenvalue weighted by molar-refractivity contribution is 0.336. The van der Waals surface area contributed by atoms with E-state index in [9.17, 15) is 14.4 Å². The van der Waals surface area contributed by atoms with Gasteiger partial charge in [-0.25, -0.2) is 0 Å². The van der Waals surface area contributed by atoms with E-state index in [1.54, 1.807) is 12.1 Å². The highest BCUT2D eigenvalue weighted by Crippen LogP contribution is 2.52. The third kappa shape index (κ3) is 5.21. The molecule has 0 aliphatic heterocycles. The number of nitrogens with one attached hydrogen (secondary N) is 2. The Morgan fingerprint density at radius 2 is 1.51 bits per heavy atom. The molecule has 1 unspecified atom stereocenters. The molecular formula is C26H24N5O3P. The van der Waals surface area contributed by atoms with Crippen molar-refractivity contribution in [2.45, 2.75) is 18.2 Å². The number of rotatable bonds is 8. The molecule has 2 atom stereocenters. The van der Waals surface area contributed by atoms with Gasteiger partial charge in [-0.3, -0.25) is 9.88 Å². The number of hydrogen-bond donors (Lipinski definition) is 4. The van der Waals surface area contributed by atoms with Crippen LogP contribution in [0.1, 0.15) is 28.8 Å². The van der Waals surface area contributed by atoms with Crippen LogP contribution in [0.2, 0.25) is 0 Å². The summed E-state index contributed by atoms with van der Waals surface area (Å²) in [5.41, 5.74) is 3.69. The Morgan fingerprint density at radius 1 is 0.829 bits per heavy atom. The molecule has 4 N–H and O–H groups in total. The molecule has 1 aromatic heterocycles. The van der Waals surface area contributed by atoms with Crippen molar-refractivity contribution in [1.29, 1.82) is 0 Å². The van der Waals surface area contributed by atoms with Crippen LogP contribution in [0, 0.1) is 0 Å². The minimum Gasteiger partial charge on any atom is -0.323 e. The maximum absolute atomic E-state index is 12.7. The topological polar surface area (TPSA) is 124 Å². The van der Waals surface area contributed by atoms with Gasteiger partial charge < -0.3 is 9.79 Å². The van der Waals surface area contributed by atoms with Gasteiger partial charge in [-0.15, -0.1) is 10.2 Å². The maximum atomic E-state index is 12.7. The molecule has 35 heavy (non-hydrogen) atoms. The summed E-state index contributed by atoms with van der Waals surface area (Å²) in [6.07, 6.45) is 0.413. The van der Waals surface area contributed by atoms with E-state index >= 15 is 0 Å². The first kappa shape index (κ1) is 23.1. The first-order valence-corrected chi connectivity index (χ1v) is 12.8. The minimum atomic E-state index is -4.61. The van der Waals surface area contributed by atoms with Crippen LogP contribution in [0.15, 0.2) is 97.1 Å². The smallest absolute Gasteiger partial charge is 0.323 e. The lowest BCUT2D eigenvalue weighted by Crippen LogP contribution is -2.29. The van der Waals surface area contributed by atoms with Crippen molar-refractivity contribution in [2.24, 2.45) is 0 Å². The third-order valence-corrected chi connectivity index (χ3v) is 7.09. The summed E-state index contributed by atoms with van der Waals surface area (Å²) in [5.74, 6) is -0.920. The van der Waals surface area contributed by atoms with E-state index in [0.29, 0.717) is 17.8 Å². The molecule has 0 fully saturated rings. The second-order valence-electron chi connectivity index (χ2n) is 8.32. The second kappa shape index (κ2) is 9.90. The van der Waals surface area contributed by atoms with Crippen LogP contribution in [0.4, 0.5) is 0 Å². The molecule has 0 amide bonds. The Balaban J connectivity index is 1.47. The molecule has 0 saturated carbocycles. The zero-order valence-electron chi connectivity index (χ0n) is 18.7. The fourth-order valence-corrected chi connectivity index (χ4v) is 5.25. The van der Waals surface area contributed by atoms with Gasteiger partial charge in [0.1, 0.15) is 5.78 Å². The van der Waals surface area contributed by atoms with Gasteiger partial charge >= 0.3 is 7.60 Å². The number of aromatic amines is 1. The highest BCUT2D eigenvalue weighted by molar-refractivity contribution is 7.52. The zero-order chi connectivity index (χ0) is 24.3. The van der Waals surface area contributed by atoms with E-state index in [0.717, 1.165) is 27.5 Å². The van der Waals surface area contributed by atoms with Gasteiger partial charge in [0.15, 0.2) is 5.82 Å². The van der Waals surface area contributed by atoms with E-state index in [-0.39, 0.29) is 0 Å². The number of aromatic nitrogens is 4. The van der Waals surface area contributed by atoms with E-state index in [1.807, 2.05) is 84.9 Å². The molecule has 0 aliphatic carbocycles. The lowest BCUT2D eigenvalue weighted by atomic mass is 9.99. The SMILES string of the molecule is O=P(O)(O)C(N[C@H](Cc1ccc(-c2ccccc2)cc1)c1nn[nH]n1)c1cccc2ccccc12. The first-order chi connectivity index (χ1) is 17.0. The molecule has 0 aliphatic rings. The summed E-state index contributed by atoms with van der Waals surface area (Å²) in [5, 5.41) is 19.1. The van der Waals surface area contributed by atoms with Crippen LogP contribution in [0.3, 0.4) is 0 Å². The summed E-state index contributed by atoms with van der Waals surface area (Å²) >= 11 is 0. The largest absolute Gasteiger partial charge is 0.346 e. The predicted octanol–water partition coefficient (Wildman–Crippen LogP) is 4.77. The quantitative estimate of drug-likeness (QED) is 0.233. The second-order valence-corrected chi connectivity index (χ2v) is 10.0. The third-order valence-electron chi connectivity index (χ3n) is 5.99. The molecule has 0 saturated heterocycles. The van der Waals surface area contributed by atoms with Gasteiger partial charge in [-0.05, 0) is 39.4 Å². The Bertz CT molecular complexity index is 1450. The average Bonchev–Trinajstić information content (AvgIpc) is 3.42. The summed E-state index contributed by atoms with van der Waals surface area (Å²) in [4.78, 5) is 20.7. The maximum Gasteiger partial charge on any atom is 0.346 e. The van der Waals surface area contributed by atoms with Crippen LogP contribution in [0.5, 0.6) is 0 Å². The molecule has 5 rings (SSSR count). The van der Waals surface area contributed by atoms with Gasteiger partial charge in [0.25, 0.3) is 0 Å². The molecule has 0 bridgehead atoms. The number of benzene rings is 4. The van der Waals surface area contributed by atoms with Crippen molar-refractivity contribution in [1.82, 2.24) is 25.9 Å². The molecule has 9 heteroatoms. The molecule has 8 nitrogen and oxygen atoms in total. The van der Waals surface area contributed by atoms with Crippen LogP contribution in [0.25, 0.3) is 21.9 Å². The number of H-pyrrole nitrogens is 1. The summed E-state index contributed by atoms with van der Waals surface area (Å²) in [7, 11) is -4.61. The number of fused-ring (bicyclic) bond motifs is 1. The number of hydrogen-bond acceptors (Lipinski definition) is 5. The van der Waals surface area contributed by atoms with Crippen molar-refractivity contribution in [3.63, 3.8) is 0 Å². The van der Waals surface area contributed by atoms with Crippen LogP contribution < -0.4 is 5.32 Å². The summed E-state index contributed by atoms with van der Waals surface area (Å²) < 4.78 is 12.7. The van der Waals surface area contributed by atoms with Crippen LogP contribution in [-0.4, -0.2) is 30.4 Å². The highest BCUT2D eigenvalue weighted by Gasteiger charge is 2.35. The fraction of sp³-hybridized carbons (Fsp3) is 0.115. The number of tetrazole rings is 1. The van der Waals surface area contributed by atoms with Crippen molar-refractivity contribution in [3.05, 3.63) is 114 Å². The Hall–Kier alpha value is -3.68. The first-order valence-electron chi connectivity index (χ1n) is 11.2. The van der Waals surface area contributed by atoms with Crippen molar-refractivity contribution in [2.75, 3.05) is 0 Å². The molecule has 176 valence electrons. The fourth-order valence-electron chi connectivity index (χ4n) is 4.29. The molecular weight excluding hydrogens is 461 g/mol. The molecule has 0 radical (unpaired) electrons. The predicted molar refractivity (Wildman–Crippen MR) is 134 cm³/mol. The standard InChI is InChI=1S/C26H24N5O3P/c32-35(33,34)26(23-12-6-10-21-9-4-5-11-22(21)23)27-24(25-28-30-31-29-25)17-18-13-15-20(16-14-18)19-7-2-1-3-8-19/h1-16,24,26-27H,17H2,(H2,32,33,34)(H,28,29,30,31)/t24-,26?/m1/s1. The van der Waals surface area contributed by atoms with Gasteiger partial charge in [-0.1, -0.05) is 102 Å². The van der Waals surface area contributed by atoms with Crippen molar-refractivity contribution < 1.29 is 14.4 Å². The molecule has 1 heterocycles. The van der Waals surface area contributed by atoms with Crippen LogP contribution >= 0.6 is 7.60 Å². The van der Waals surface area contributed by atoms with Gasteiger partial charge in [0.05, 0.1) is 6.04 Å². The summed E-state index contributed by atoms with van der Waals surface area (Å²) in [6.45, 7) is 0. The summed E-state index contributed by atoms with van der Waals surface area (Å²) in [6, 6.07) is 30.5. The van der Waals surface area contributed by atoms with E-state index in [1.165, 1.54) is 0 Å². The van der Waals surface area contributed by atoms with Gasteiger partial charge in [0, 0.05) is 0 Å².